The summed E-state index contributed by atoms with van der Waals surface area (Å²) >= 11 is 6.27. The lowest BCUT2D eigenvalue weighted by molar-refractivity contribution is -0.124. The van der Waals surface area contributed by atoms with Crippen LogP contribution in [0.25, 0.3) is 0 Å². The van der Waals surface area contributed by atoms with E-state index in [-0.39, 0.29) is 35.7 Å². The largest absolute Gasteiger partial charge is 0.396 e. The molecule has 1 aliphatic heterocycles. The quantitative estimate of drug-likeness (QED) is 0.533. The van der Waals surface area contributed by atoms with Gasteiger partial charge in [-0.2, -0.15) is 0 Å². The lowest BCUT2D eigenvalue weighted by Gasteiger charge is -2.19. The molecule has 0 spiro atoms. The van der Waals surface area contributed by atoms with Gasteiger partial charge in [-0.3, -0.25) is 4.79 Å². The van der Waals surface area contributed by atoms with E-state index >= 15 is 0 Å². The van der Waals surface area contributed by atoms with Crippen molar-refractivity contribution in [3.63, 3.8) is 0 Å². The van der Waals surface area contributed by atoms with Gasteiger partial charge in [-0.1, -0.05) is 31.2 Å². The van der Waals surface area contributed by atoms with E-state index in [0.717, 1.165) is 66.9 Å². The predicted molar refractivity (Wildman–Crippen MR) is 130 cm³/mol. The minimum atomic E-state index is 0.0116. The molecule has 2 N–H and O–H groups in total. The summed E-state index contributed by atoms with van der Waals surface area (Å²) in [6.07, 6.45) is 4.86. The van der Waals surface area contributed by atoms with Gasteiger partial charge in [0.1, 0.15) is 11.6 Å². The van der Waals surface area contributed by atoms with Crippen LogP contribution in [0.1, 0.15) is 73.9 Å². The number of fused-ring (bicyclic) bond motifs is 1. The minimum Gasteiger partial charge on any atom is -0.396 e. The first-order valence-corrected chi connectivity index (χ1v) is 12.4. The summed E-state index contributed by atoms with van der Waals surface area (Å²) < 4.78 is 5.52. The number of Topliss-reactive ketones (excluding diaryl/α,β-unsaturated/α-hetero) is 1. The van der Waals surface area contributed by atoms with Crippen molar-refractivity contribution in [2.24, 2.45) is 11.8 Å². The third-order valence-electron chi connectivity index (χ3n) is 7.04. The molecule has 1 fully saturated rings. The maximum atomic E-state index is 12.9. The number of aliphatic hydroxyl groups excluding tert-OH is 1. The number of aromatic nitrogens is 2. The molecule has 4 atom stereocenters. The molecule has 0 bridgehead atoms. The normalized spacial score (nSPS) is 22.3. The maximum absolute atomic E-state index is 12.9. The molecule has 4 unspecified atom stereocenters. The highest BCUT2D eigenvalue weighted by Gasteiger charge is 2.31. The smallest absolute Gasteiger partial charge is 0.224 e. The second-order valence-electron chi connectivity index (χ2n) is 9.57. The van der Waals surface area contributed by atoms with Gasteiger partial charge < -0.3 is 15.2 Å². The highest BCUT2D eigenvalue weighted by molar-refractivity contribution is 6.28. The molecule has 6 nitrogen and oxygen atoms in total. The van der Waals surface area contributed by atoms with Crippen LogP contribution in [0.5, 0.6) is 0 Å². The number of nitrogens with one attached hydrogen (secondary N) is 1. The number of rotatable bonds is 8. The number of hydrogen-bond donors (Lipinski definition) is 2. The van der Waals surface area contributed by atoms with Crippen molar-refractivity contribution in [3.8, 4) is 0 Å². The molecule has 2 aromatic rings. The Balaban J connectivity index is 1.45. The Hall–Kier alpha value is -2.02. The summed E-state index contributed by atoms with van der Waals surface area (Å²) in [5, 5.41) is 13.3. The lowest BCUT2D eigenvalue weighted by atomic mass is 9.88. The minimum absolute atomic E-state index is 0.0116. The molecule has 2 heterocycles. The van der Waals surface area contributed by atoms with Gasteiger partial charge in [0.25, 0.3) is 0 Å². The molecule has 1 aliphatic carbocycles. The van der Waals surface area contributed by atoms with E-state index < -0.39 is 0 Å². The molecule has 7 heteroatoms. The topological polar surface area (TPSA) is 84.3 Å². The summed E-state index contributed by atoms with van der Waals surface area (Å²) in [4.78, 5) is 21.9. The molecule has 2 aliphatic rings. The Kier molecular flexibility index (Phi) is 7.99. The van der Waals surface area contributed by atoms with Crippen LogP contribution >= 0.6 is 11.6 Å². The third kappa shape index (κ3) is 5.92. The molecular formula is C26H34ClN3O3. The SMILES string of the molecule is CC(CO)c1cccc(C(C)Nc2nc(Cl)nc3c2CC(CC(=O)C2CCCOCC2)C3)c1. The molecule has 33 heavy (non-hydrogen) atoms. The van der Waals surface area contributed by atoms with Crippen LogP contribution < -0.4 is 5.32 Å². The maximum Gasteiger partial charge on any atom is 0.224 e. The van der Waals surface area contributed by atoms with Gasteiger partial charge in [0.05, 0.1) is 5.69 Å². The van der Waals surface area contributed by atoms with Crippen molar-refractivity contribution >= 4 is 23.2 Å². The van der Waals surface area contributed by atoms with E-state index in [9.17, 15) is 9.90 Å². The molecule has 0 saturated carbocycles. The highest BCUT2D eigenvalue weighted by Crippen LogP contribution is 2.35. The van der Waals surface area contributed by atoms with E-state index in [1.807, 2.05) is 19.1 Å². The Bertz CT molecular complexity index is 975. The van der Waals surface area contributed by atoms with Crippen LogP contribution in [-0.4, -0.2) is 40.7 Å². The average Bonchev–Trinajstić information content (AvgIpc) is 3.02. The zero-order valence-electron chi connectivity index (χ0n) is 19.5. The van der Waals surface area contributed by atoms with Crippen molar-refractivity contribution in [3.05, 3.63) is 51.9 Å². The fraction of sp³-hybridized carbons (Fsp3) is 0.577. The van der Waals surface area contributed by atoms with Gasteiger partial charge in [-0.05, 0) is 67.7 Å². The molecule has 178 valence electrons. The van der Waals surface area contributed by atoms with Gasteiger partial charge in [-0.15, -0.1) is 0 Å². The van der Waals surface area contributed by atoms with E-state index in [4.69, 9.17) is 16.3 Å². The van der Waals surface area contributed by atoms with Crippen molar-refractivity contribution < 1.29 is 14.6 Å². The van der Waals surface area contributed by atoms with E-state index in [2.05, 4.69) is 34.3 Å². The molecular weight excluding hydrogens is 438 g/mol. The van der Waals surface area contributed by atoms with Crippen LogP contribution in [0, 0.1) is 11.8 Å². The first-order chi connectivity index (χ1) is 15.9. The molecule has 4 rings (SSSR count). The number of hydrogen-bond acceptors (Lipinski definition) is 6. The first kappa shape index (κ1) is 24.1. The van der Waals surface area contributed by atoms with E-state index in [0.29, 0.717) is 18.8 Å². The Morgan fingerprint density at radius 3 is 2.85 bits per heavy atom. The van der Waals surface area contributed by atoms with E-state index in [1.165, 1.54) is 0 Å². The number of nitrogens with zero attached hydrogens (tertiary/aromatic N) is 2. The summed E-state index contributed by atoms with van der Waals surface area (Å²) in [7, 11) is 0. The van der Waals surface area contributed by atoms with Crippen molar-refractivity contribution in [2.75, 3.05) is 25.1 Å². The predicted octanol–water partition coefficient (Wildman–Crippen LogP) is 4.89. The number of benzene rings is 1. The van der Waals surface area contributed by atoms with Gasteiger partial charge in [0, 0.05) is 49.7 Å². The van der Waals surface area contributed by atoms with Crippen LogP contribution in [0.4, 0.5) is 5.82 Å². The summed E-state index contributed by atoms with van der Waals surface area (Å²) in [6.45, 7) is 5.68. The number of carbonyl (C=O) groups is 1. The zero-order valence-corrected chi connectivity index (χ0v) is 20.3. The van der Waals surface area contributed by atoms with Gasteiger partial charge in [-0.25, -0.2) is 9.97 Å². The summed E-state index contributed by atoms with van der Waals surface area (Å²) in [5.74, 6) is 1.57. The van der Waals surface area contributed by atoms with Crippen molar-refractivity contribution in [2.45, 2.75) is 64.3 Å². The molecule has 1 saturated heterocycles. The zero-order chi connectivity index (χ0) is 23.4. The monoisotopic (exact) mass is 471 g/mol. The van der Waals surface area contributed by atoms with Crippen LogP contribution in [0.2, 0.25) is 5.28 Å². The fourth-order valence-electron chi connectivity index (χ4n) is 4.99. The lowest BCUT2D eigenvalue weighted by Crippen LogP contribution is -2.19. The number of aliphatic hydroxyl groups is 1. The highest BCUT2D eigenvalue weighted by atomic mass is 35.5. The number of ketones is 1. The van der Waals surface area contributed by atoms with Gasteiger partial charge in [0.2, 0.25) is 5.28 Å². The molecule has 0 amide bonds. The standard InChI is InChI=1S/C26H34ClN3O3/c1-16(15-31)20-5-3-6-21(14-20)17(2)28-25-22-11-18(12-23(22)29-26(27)30-25)13-24(32)19-7-4-9-33-10-8-19/h3,5-6,14,16-19,31H,4,7-13,15H2,1-2H3,(H,28,29,30). The Labute approximate surface area is 201 Å². The van der Waals surface area contributed by atoms with Crippen molar-refractivity contribution in [1.29, 1.82) is 0 Å². The Morgan fingerprint density at radius 1 is 1.21 bits per heavy atom. The number of carbonyl (C=O) groups excluding carboxylic acids is 1. The average molecular weight is 472 g/mol. The van der Waals surface area contributed by atoms with Crippen LogP contribution in [-0.2, 0) is 22.4 Å². The summed E-state index contributed by atoms with van der Waals surface area (Å²) in [5.41, 5.74) is 4.26. The molecule has 1 aromatic heterocycles. The summed E-state index contributed by atoms with van der Waals surface area (Å²) in [6, 6.07) is 8.27. The van der Waals surface area contributed by atoms with Crippen molar-refractivity contribution in [1.82, 2.24) is 9.97 Å². The van der Waals surface area contributed by atoms with Crippen LogP contribution in [0.15, 0.2) is 24.3 Å². The number of ether oxygens (including phenoxy) is 1. The Morgan fingerprint density at radius 2 is 2.03 bits per heavy atom. The second-order valence-corrected chi connectivity index (χ2v) is 9.91. The van der Waals surface area contributed by atoms with Gasteiger partial charge >= 0.3 is 0 Å². The number of anilines is 1. The second kappa shape index (κ2) is 10.9. The van der Waals surface area contributed by atoms with Gasteiger partial charge in [0.15, 0.2) is 0 Å². The van der Waals surface area contributed by atoms with Crippen LogP contribution in [0.3, 0.4) is 0 Å². The fourth-order valence-corrected chi connectivity index (χ4v) is 5.17. The molecule has 0 radical (unpaired) electrons. The number of halogens is 1. The third-order valence-corrected chi connectivity index (χ3v) is 7.21. The first-order valence-electron chi connectivity index (χ1n) is 12.1. The molecule has 1 aromatic carbocycles. The van der Waals surface area contributed by atoms with E-state index in [1.54, 1.807) is 0 Å².